The molecular weight excluding hydrogens is 204 g/mol. The van der Waals surface area contributed by atoms with Crippen LogP contribution in [0.1, 0.15) is 44.3 Å². The van der Waals surface area contributed by atoms with Gasteiger partial charge in [0.1, 0.15) is 0 Å². The zero-order valence-corrected chi connectivity index (χ0v) is 10.7. The molecule has 1 aliphatic carbocycles. The molecule has 1 aromatic heterocycles. The minimum atomic E-state index is 0.432. The molecule has 0 saturated heterocycles. The van der Waals surface area contributed by atoms with Crippen LogP contribution in [0.25, 0.3) is 0 Å². The summed E-state index contributed by atoms with van der Waals surface area (Å²) < 4.78 is 0. The summed E-state index contributed by atoms with van der Waals surface area (Å²) in [5.74, 6) is 0.712. The van der Waals surface area contributed by atoms with E-state index in [0.29, 0.717) is 11.3 Å². The third kappa shape index (κ3) is 2.79. The van der Waals surface area contributed by atoms with Crippen molar-refractivity contribution in [1.29, 1.82) is 0 Å². The monoisotopic (exact) mass is 224 g/mol. The Bertz CT molecular complexity index is 326. The van der Waals surface area contributed by atoms with E-state index in [4.69, 9.17) is 4.98 Å². The number of thiazole rings is 1. The molecule has 3 heteroatoms. The van der Waals surface area contributed by atoms with Gasteiger partial charge in [-0.05, 0) is 25.3 Å². The molecule has 15 heavy (non-hydrogen) atoms. The maximum Gasteiger partial charge on any atom is 0.0988 e. The first kappa shape index (κ1) is 11.1. The minimum absolute atomic E-state index is 0.432. The molecule has 1 aromatic rings. The molecule has 0 aromatic carbocycles. The van der Waals surface area contributed by atoms with Gasteiger partial charge in [-0.15, -0.1) is 11.3 Å². The van der Waals surface area contributed by atoms with E-state index >= 15 is 0 Å². The molecule has 2 rings (SSSR count). The number of nitrogens with one attached hydrogen (secondary N) is 1. The normalized spacial score (nSPS) is 18.4. The largest absolute Gasteiger partial charge is 0.311 e. The molecule has 0 amide bonds. The molecule has 84 valence electrons. The van der Waals surface area contributed by atoms with Gasteiger partial charge in [-0.2, -0.15) is 0 Å². The number of hydrogen-bond acceptors (Lipinski definition) is 3. The van der Waals surface area contributed by atoms with Crippen LogP contribution in [-0.2, 0) is 12.0 Å². The molecule has 0 bridgehead atoms. The molecule has 2 nitrogen and oxygen atoms in total. The molecule has 1 fully saturated rings. The van der Waals surface area contributed by atoms with Crippen LogP contribution < -0.4 is 5.32 Å². The quantitative estimate of drug-likeness (QED) is 0.832. The Hall–Kier alpha value is -0.410. The molecule has 0 aliphatic heterocycles. The van der Waals surface area contributed by atoms with Crippen LogP contribution in [0.5, 0.6) is 0 Å². The van der Waals surface area contributed by atoms with E-state index in [9.17, 15) is 0 Å². The molecule has 1 aliphatic rings. The average Bonchev–Trinajstić information content (AvgIpc) is 2.76. The first-order valence-electron chi connectivity index (χ1n) is 5.76. The Morgan fingerprint density at radius 3 is 2.87 bits per heavy atom. The molecule has 1 N–H and O–H groups in total. The van der Waals surface area contributed by atoms with Crippen LogP contribution in [0.15, 0.2) is 5.38 Å². The molecule has 1 saturated carbocycles. The highest BCUT2D eigenvalue weighted by molar-refractivity contribution is 7.09. The van der Waals surface area contributed by atoms with E-state index < -0.39 is 0 Å². The zero-order valence-electron chi connectivity index (χ0n) is 9.84. The highest BCUT2D eigenvalue weighted by atomic mass is 32.1. The molecular formula is C12H20N2S. The standard InChI is InChI=1S/C12H20N2S/c1-9(2)6-13-7-10-8-15-11(14-10)12(3)4-5-12/h8-9,13H,4-7H2,1-3H3. The van der Waals surface area contributed by atoms with Gasteiger partial charge in [0.2, 0.25) is 0 Å². The lowest BCUT2D eigenvalue weighted by molar-refractivity contribution is 0.548. The van der Waals surface area contributed by atoms with Crippen molar-refractivity contribution < 1.29 is 0 Å². The maximum absolute atomic E-state index is 4.70. The Morgan fingerprint density at radius 2 is 2.27 bits per heavy atom. The van der Waals surface area contributed by atoms with Gasteiger partial charge in [-0.3, -0.25) is 0 Å². The molecule has 0 atom stereocenters. The predicted molar refractivity (Wildman–Crippen MR) is 65.2 cm³/mol. The van der Waals surface area contributed by atoms with Crippen molar-refractivity contribution >= 4 is 11.3 Å². The summed E-state index contributed by atoms with van der Waals surface area (Å²) in [4.78, 5) is 4.70. The summed E-state index contributed by atoms with van der Waals surface area (Å²) in [6.07, 6.45) is 2.64. The Labute approximate surface area is 96.1 Å². The molecule has 0 unspecified atom stereocenters. The lowest BCUT2D eigenvalue weighted by atomic mass is 10.2. The smallest absolute Gasteiger partial charge is 0.0988 e. The summed E-state index contributed by atoms with van der Waals surface area (Å²) in [5.41, 5.74) is 1.64. The van der Waals surface area contributed by atoms with E-state index in [1.807, 2.05) is 11.3 Å². The number of nitrogens with zero attached hydrogens (tertiary/aromatic N) is 1. The molecule has 0 spiro atoms. The molecule has 0 radical (unpaired) electrons. The third-order valence-electron chi connectivity index (χ3n) is 2.93. The molecule has 1 heterocycles. The Kier molecular flexibility index (Phi) is 3.12. The minimum Gasteiger partial charge on any atom is -0.311 e. The van der Waals surface area contributed by atoms with Crippen LogP contribution in [0.3, 0.4) is 0 Å². The fourth-order valence-corrected chi connectivity index (χ4v) is 2.60. The van der Waals surface area contributed by atoms with Gasteiger partial charge in [0, 0.05) is 17.3 Å². The predicted octanol–water partition coefficient (Wildman–Crippen LogP) is 2.94. The van der Waals surface area contributed by atoms with E-state index in [2.05, 4.69) is 31.5 Å². The van der Waals surface area contributed by atoms with Crippen molar-refractivity contribution in [3.8, 4) is 0 Å². The lowest BCUT2D eigenvalue weighted by Crippen LogP contribution is -2.19. The van der Waals surface area contributed by atoms with Gasteiger partial charge in [-0.1, -0.05) is 20.8 Å². The van der Waals surface area contributed by atoms with Crippen LogP contribution in [-0.4, -0.2) is 11.5 Å². The first-order chi connectivity index (χ1) is 7.10. The first-order valence-corrected chi connectivity index (χ1v) is 6.64. The van der Waals surface area contributed by atoms with Gasteiger partial charge in [0.15, 0.2) is 0 Å². The van der Waals surface area contributed by atoms with Gasteiger partial charge < -0.3 is 5.32 Å². The lowest BCUT2D eigenvalue weighted by Gasteiger charge is -2.05. The third-order valence-corrected chi connectivity index (χ3v) is 4.12. The number of aromatic nitrogens is 1. The van der Waals surface area contributed by atoms with Crippen molar-refractivity contribution in [1.82, 2.24) is 10.3 Å². The van der Waals surface area contributed by atoms with E-state index in [0.717, 1.165) is 13.1 Å². The topological polar surface area (TPSA) is 24.9 Å². The maximum atomic E-state index is 4.70. The van der Waals surface area contributed by atoms with Gasteiger partial charge >= 0.3 is 0 Å². The van der Waals surface area contributed by atoms with Gasteiger partial charge in [0.25, 0.3) is 0 Å². The Balaban J connectivity index is 1.85. The summed E-state index contributed by atoms with van der Waals surface area (Å²) in [7, 11) is 0. The van der Waals surface area contributed by atoms with Crippen molar-refractivity contribution in [2.24, 2.45) is 5.92 Å². The van der Waals surface area contributed by atoms with Crippen molar-refractivity contribution in [3.63, 3.8) is 0 Å². The van der Waals surface area contributed by atoms with Crippen LogP contribution in [0.2, 0.25) is 0 Å². The fraction of sp³-hybridized carbons (Fsp3) is 0.750. The highest BCUT2D eigenvalue weighted by Crippen LogP contribution is 2.48. The fourth-order valence-electron chi connectivity index (χ4n) is 1.56. The summed E-state index contributed by atoms with van der Waals surface area (Å²) in [6.45, 7) is 8.77. The number of hydrogen-bond donors (Lipinski definition) is 1. The second-order valence-corrected chi connectivity index (χ2v) is 6.09. The Morgan fingerprint density at radius 1 is 1.53 bits per heavy atom. The van der Waals surface area contributed by atoms with Gasteiger partial charge in [0.05, 0.1) is 10.7 Å². The van der Waals surface area contributed by atoms with Crippen LogP contribution >= 0.6 is 11.3 Å². The summed E-state index contributed by atoms with van der Waals surface area (Å²) >= 11 is 1.83. The highest BCUT2D eigenvalue weighted by Gasteiger charge is 2.41. The zero-order chi connectivity index (χ0) is 10.9. The van der Waals surface area contributed by atoms with Crippen molar-refractivity contribution in [2.45, 2.75) is 45.6 Å². The van der Waals surface area contributed by atoms with E-state index in [1.165, 1.54) is 23.5 Å². The van der Waals surface area contributed by atoms with Crippen LogP contribution in [0.4, 0.5) is 0 Å². The second kappa shape index (κ2) is 4.22. The summed E-state index contributed by atoms with van der Waals surface area (Å²) in [5, 5.41) is 6.97. The number of rotatable bonds is 5. The van der Waals surface area contributed by atoms with Crippen LogP contribution in [0, 0.1) is 5.92 Å². The van der Waals surface area contributed by atoms with E-state index in [-0.39, 0.29) is 0 Å². The second-order valence-electron chi connectivity index (χ2n) is 5.23. The van der Waals surface area contributed by atoms with E-state index in [1.54, 1.807) is 0 Å². The average molecular weight is 224 g/mol. The van der Waals surface area contributed by atoms with Crippen molar-refractivity contribution in [2.75, 3.05) is 6.54 Å². The van der Waals surface area contributed by atoms with Gasteiger partial charge in [-0.25, -0.2) is 4.98 Å². The SMILES string of the molecule is CC(C)CNCc1csc(C2(C)CC2)n1. The van der Waals surface area contributed by atoms with Crippen molar-refractivity contribution in [3.05, 3.63) is 16.1 Å². The summed E-state index contributed by atoms with van der Waals surface area (Å²) in [6, 6.07) is 0.